The van der Waals surface area contributed by atoms with Gasteiger partial charge in [0.2, 0.25) is 5.95 Å². The Balaban J connectivity index is 1.66. The van der Waals surface area contributed by atoms with Crippen LogP contribution in [0, 0.1) is 0 Å². The molecule has 0 radical (unpaired) electrons. The zero-order chi connectivity index (χ0) is 21.1. The lowest BCUT2D eigenvalue weighted by Gasteiger charge is -2.15. The molecule has 0 aliphatic carbocycles. The highest BCUT2D eigenvalue weighted by atomic mass is 32.1. The summed E-state index contributed by atoms with van der Waals surface area (Å²) in [5, 5.41) is 14.6. The van der Waals surface area contributed by atoms with Crippen LogP contribution in [0.5, 0.6) is 0 Å². The predicted molar refractivity (Wildman–Crippen MR) is 124 cm³/mol. The number of fused-ring (bicyclic) bond motifs is 1. The SMILES string of the molecule is COCCn1cc(Nc2nc(Nc3ccccc3P(C)(C)=O)c3ccsc3n2)cn1. The molecule has 1 aromatic carbocycles. The van der Waals surface area contributed by atoms with Crippen LogP contribution in [0.2, 0.25) is 0 Å². The van der Waals surface area contributed by atoms with E-state index >= 15 is 0 Å². The van der Waals surface area contributed by atoms with E-state index in [1.165, 1.54) is 11.3 Å². The van der Waals surface area contributed by atoms with E-state index in [2.05, 4.69) is 25.7 Å². The Kier molecular flexibility index (Phi) is 5.85. The maximum Gasteiger partial charge on any atom is 0.230 e. The van der Waals surface area contributed by atoms with Crippen LogP contribution < -0.4 is 15.9 Å². The number of aromatic nitrogens is 4. The smallest absolute Gasteiger partial charge is 0.230 e. The second-order valence-corrected chi connectivity index (χ2v) is 11.2. The maximum atomic E-state index is 12.7. The van der Waals surface area contributed by atoms with E-state index in [1.807, 2.05) is 41.9 Å². The molecule has 0 bridgehead atoms. The number of hydrogen-bond acceptors (Lipinski definition) is 8. The van der Waals surface area contributed by atoms with Crippen LogP contribution in [-0.4, -0.2) is 46.8 Å². The predicted octanol–water partition coefficient (Wildman–Crippen LogP) is 4.27. The number of ether oxygens (including phenoxy) is 1. The highest BCUT2D eigenvalue weighted by Gasteiger charge is 2.17. The molecule has 3 aromatic heterocycles. The van der Waals surface area contributed by atoms with Crippen molar-refractivity contribution in [2.45, 2.75) is 6.54 Å². The van der Waals surface area contributed by atoms with Gasteiger partial charge in [0.15, 0.2) is 0 Å². The summed E-state index contributed by atoms with van der Waals surface area (Å²) in [5.74, 6) is 1.13. The van der Waals surface area contributed by atoms with Gasteiger partial charge in [-0.25, -0.2) is 4.98 Å². The van der Waals surface area contributed by atoms with Gasteiger partial charge in [-0.1, -0.05) is 12.1 Å². The van der Waals surface area contributed by atoms with E-state index in [9.17, 15) is 4.57 Å². The van der Waals surface area contributed by atoms with E-state index in [1.54, 1.807) is 31.3 Å². The van der Waals surface area contributed by atoms with Gasteiger partial charge in [-0.3, -0.25) is 4.68 Å². The van der Waals surface area contributed by atoms with Crippen LogP contribution in [-0.2, 0) is 15.8 Å². The van der Waals surface area contributed by atoms with Crippen molar-refractivity contribution in [3.8, 4) is 0 Å². The van der Waals surface area contributed by atoms with Crippen LogP contribution in [0.25, 0.3) is 10.2 Å². The highest BCUT2D eigenvalue weighted by Crippen LogP contribution is 2.39. The zero-order valence-electron chi connectivity index (χ0n) is 17.0. The van der Waals surface area contributed by atoms with Crippen molar-refractivity contribution in [2.75, 3.05) is 37.7 Å². The summed E-state index contributed by atoms with van der Waals surface area (Å²) < 4.78 is 19.6. The molecule has 0 saturated carbocycles. The number of nitrogens with zero attached hydrogens (tertiary/aromatic N) is 4. The van der Waals surface area contributed by atoms with Gasteiger partial charge in [0, 0.05) is 18.6 Å². The molecule has 4 rings (SSSR count). The van der Waals surface area contributed by atoms with Crippen LogP contribution >= 0.6 is 18.5 Å². The summed E-state index contributed by atoms with van der Waals surface area (Å²) in [6, 6.07) is 9.61. The molecule has 4 aromatic rings. The Morgan fingerprint density at radius 2 is 2.00 bits per heavy atom. The van der Waals surface area contributed by atoms with Crippen molar-refractivity contribution >= 4 is 57.1 Å². The zero-order valence-corrected chi connectivity index (χ0v) is 18.7. The quantitative estimate of drug-likeness (QED) is 0.394. The lowest BCUT2D eigenvalue weighted by Crippen LogP contribution is -2.10. The fraction of sp³-hybridized carbons (Fsp3) is 0.250. The number of hydrogen-bond donors (Lipinski definition) is 2. The molecule has 0 atom stereocenters. The van der Waals surface area contributed by atoms with E-state index in [0.29, 0.717) is 24.9 Å². The molecule has 0 aliphatic rings. The van der Waals surface area contributed by atoms with Gasteiger partial charge in [0.05, 0.1) is 36.1 Å². The monoisotopic (exact) mass is 442 g/mol. The number of anilines is 4. The topological polar surface area (TPSA) is 94.0 Å². The normalized spacial score (nSPS) is 11.7. The summed E-state index contributed by atoms with van der Waals surface area (Å²) >= 11 is 1.54. The Labute approximate surface area is 178 Å². The minimum absolute atomic E-state index is 0.465. The van der Waals surface area contributed by atoms with Crippen molar-refractivity contribution in [3.05, 3.63) is 48.1 Å². The highest BCUT2D eigenvalue weighted by molar-refractivity contribution is 7.70. The summed E-state index contributed by atoms with van der Waals surface area (Å²) in [4.78, 5) is 10.2. The summed E-state index contributed by atoms with van der Waals surface area (Å²) in [6.45, 7) is 4.79. The average Bonchev–Trinajstić information content (AvgIpc) is 3.35. The van der Waals surface area contributed by atoms with Crippen molar-refractivity contribution in [1.29, 1.82) is 0 Å². The first-order valence-electron chi connectivity index (χ1n) is 9.39. The third-order valence-corrected chi connectivity index (χ3v) is 6.83. The third-order valence-electron chi connectivity index (χ3n) is 4.48. The summed E-state index contributed by atoms with van der Waals surface area (Å²) in [6.07, 6.45) is 3.61. The number of rotatable bonds is 8. The van der Waals surface area contributed by atoms with Crippen LogP contribution in [0.3, 0.4) is 0 Å². The molecule has 156 valence electrons. The second kappa shape index (κ2) is 8.55. The first-order valence-corrected chi connectivity index (χ1v) is 12.9. The first-order chi connectivity index (χ1) is 14.4. The van der Waals surface area contributed by atoms with Gasteiger partial charge < -0.3 is 19.9 Å². The third kappa shape index (κ3) is 4.53. The molecule has 10 heteroatoms. The van der Waals surface area contributed by atoms with Crippen LogP contribution in [0.1, 0.15) is 0 Å². The number of methoxy groups -OCH3 is 1. The van der Waals surface area contributed by atoms with Gasteiger partial charge in [-0.05, 0) is 36.9 Å². The second-order valence-electron chi connectivity index (χ2n) is 7.14. The standard InChI is InChI=1S/C20H23N6O2PS/c1-28-10-9-26-13-14(12-21-26)22-20-24-18(15-8-11-30-19(15)25-20)23-16-6-4-5-7-17(16)29(2,3)27/h4-8,11-13H,9-10H2,1-3H3,(H2,22,23,24,25). The minimum Gasteiger partial charge on any atom is -0.383 e. The molecule has 0 spiro atoms. The first kappa shape index (κ1) is 20.5. The maximum absolute atomic E-state index is 12.7. The molecule has 3 heterocycles. The van der Waals surface area contributed by atoms with Crippen LogP contribution in [0.15, 0.2) is 48.1 Å². The Hall–Kier alpha value is -2.74. The molecular weight excluding hydrogens is 419 g/mol. The lowest BCUT2D eigenvalue weighted by molar-refractivity contribution is 0.183. The van der Waals surface area contributed by atoms with E-state index < -0.39 is 7.14 Å². The fourth-order valence-electron chi connectivity index (χ4n) is 3.05. The van der Waals surface area contributed by atoms with Crippen molar-refractivity contribution in [3.63, 3.8) is 0 Å². The fourth-order valence-corrected chi connectivity index (χ4v) is 4.97. The molecule has 8 nitrogen and oxygen atoms in total. The summed E-state index contributed by atoms with van der Waals surface area (Å²) in [5.41, 5.74) is 1.58. The molecule has 0 aliphatic heterocycles. The Morgan fingerprint density at radius 1 is 1.17 bits per heavy atom. The van der Waals surface area contributed by atoms with Gasteiger partial charge in [-0.2, -0.15) is 10.1 Å². The minimum atomic E-state index is -2.45. The molecule has 30 heavy (non-hydrogen) atoms. The van der Waals surface area contributed by atoms with Crippen molar-refractivity contribution in [2.24, 2.45) is 0 Å². The number of benzene rings is 1. The van der Waals surface area contributed by atoms with Crippen molar-refractivity contribution in [1.82, 2.24) is 19.7 Å². The Morgan fingerprint density at radius 3 is 2.80 bits per heavy atom. The average molecular weight is 442 g/mol. The molecular formula is C20H23N6O2PS. The van der Waals surface area contributed by atoms with E-state index in [4.69, 9.17) is 4.74 Å². The lowest BCUT2D eigenvalue weighted by atomic mass is 10.3. The number of thiophene rings is 1. The van der Waals surface area contributed by atoms with Gasteiger partial charge >= 0.3 is 0 Å². The molecule has 0 fully saturated rings. The van der Waals surface area contributed by atoms with Crippen LogP contribution in [0.4, 0.5) is 23.1 Å². The largest absolute Gasteiger partial charge is 0.383 e. The van der Waals surface area contributed by atoms with E-state index in [0.717, 1.165) is 26.9 Å². The van der Waals surface area contributed by atoms with Crippen molar-refractivity contribution < 1.29 is 9.30 Å². The number of para-hydroxylation sites is 1. The molecule has 0 amide bonds. The molecule has 0 saturated heterocycles. The molecule has 2 N–H and O–H groups in total. The molecule has 0 unspecified atom stereocenters. The Bertz CT molecular complexity index is 1210. The number of nitrogens with one attached hydrogen (secondary N) is 2. The summed E-state index contributed by atoms with van der Waals surface area (Å²) in [7, 11) is -0.790. The van der Waals surface area contributed by atoms with Gasteiger partial charge in [0.25, 0.3) is 0 Å². The van der Waals surface area contributed by atoms with E-state index in [-0.39, 0.29) is 0 Å². The van der Waals surface area contributed by atoms with Gasteiger partial charge in [-0.15, -0.1) is 11.3 Å². The van der Waals surface area contributed by atoms with Gasteiger partial charge in [0.1, 0.15) is 17.8 Å².